The Morgan fingerprint density at radius 1 is 1.11 bits per heavy atom. The SMILES string of the molecule is CN1CCCC(O)(c2ccc(C(F)(F)F)cc2)CC1. The van der Waals surface area contributed by atoms with Gasteiger partial charge in [0.05, 0.1) is 11.2 Å². The Kier molecular flexibility index (Phi) is 3.87. The Balaban J connectivity index is 2.21. The predicted molar refractivity (Wildman–Crippen MR) is 66.7 cm³/mol. The van der Waals surface area contributed by atoms with Crippen LogP contribution in [0.4, 0.5) is 13.2 Å². The largest absolute Gasteiger partial charge is 0.416 e. The zero-order valence-corrected chi connectivity index (χ0v) is 10.9. The van der Waals surface area contributed by atoms with Crippen LogP contribution in [0.25, 0.3) is 0 Å². The highest BCUT2D eigenvalue weighted by molar-refractivity contribution is 5.29. The van der Waals surface area contributed by atoms with Gasteiger partial charge in [-0.25, -0.2) is 0 Å². The van der Waals surface area contributed by atoms with E-state index >= 15 is 0 Å². The van der Waals surface area contributed by atoms with Crippen LogP contribution in [-0.4, -0.2) is 30.1 Å². The highest BCUT2D eigenvalue weighted by Crippen LogP contribution is 2.35. The van der Waals surface area contributed by atoms with Crippen LogP contribution in [0.2, 0.25) is 0 Å². The number of hydrogen-bond donors (Lipinski definition) is 1. The Bertz CT molecular complexity index is 429. The van der Waals surface area contributed by atoms with Gasteiger partial charge in [0.2, 0.25) is 0 Å². The highest BCUT2D eigenvalue weighted by atomic mass is 19.4. The zero-order valence-electron chi connectivity index (χ0n) is 10.9. The molecule has 1 heterocycles. The molecule has 2 rings (SSSR count). The molecule has 0 aromatic heterocycles. The second-order valence-corrected chi connectivity index (χ2v) is 5.26. The van der Waals surface area contributed by atoms with Crippen molar-refractivity contribution in [3.8, 4) is 0 Å². The highest BCUT2D eigenvalue weighted by Gasteiger charge is 2.34. The monoisotopic (exact) mass is 273 g/mol. The van der Waals surface area contributed by atoms with E-state index in [-0.39, 0.29) is 0 Å². The van der Waals surface area contributed by atoms with Gasteiger partial charge in [-0.2, -0.15) is 13.2 Å². The van der Waals surface area contributed by atoms with Gasteiger partial charge < -0.3 is 10.0 Å². The van der Waals surface area contributed by atoms with Crippen LogP contribution < -0.4 is 0 Å². The summed E-state index contributed by atoms with van der Waals surface area (Å²) >= 11 is 0. The van der Waals surface area contributed by atoms with Crippen molar-refractivity contribution in [1.29, 1.82) is 0 Å². The van der Waals surface area contributed by atoms with Crippen LogP contribution in [0.15, 0.2) is 24.3 Å². The van der Waals surface area contributed by atoms with E-state index in [0.29, 0.717) is 18.4 Å². The molecule has 0 saturated carbocycles. The molecule has 106 valence electrons. The first-order valence-corrected chi connectivity index (χ1v) is 6.40. The van der Waals surface area contributed by atoms with Gasteiger partial charge in [-0.15, -0.1) is 0 Å². The summed E-state index contributed by atoms with van der Waals surface area (Å²) < 4.78 is 37.5. The molecule has 1 N–H and O–H groups in total. The summed E-state index contributed by atoms with van der Waals surface area (Å²) in [7, 11) is 1.98. The Morgan fingerprint density at radius 3 is 2.32 bits per heavy atom. The number of nitrogens with zero attached hydrogens (tertiary/aromatic N) is 1. The second-order valence-electron chi connectivity index (χ2n) is 5.26. The van der Waals surface area contributed by atoms with Crippen LogP contribution in [-0.2, 0) is 11.8 Å². The van der Waals surface area contributed by atoms with Crippen molar-refractivity contribution in [2.45, 2.75) is 31.0 Å². The lowest BCUT2D eigenvalue weighted by Gasteiger charge is -2.27. The molecule has 5 heteroatoms. The minimum atomic E-state index is -4.33. The fourth-order valence-corrected chi connectivity index (χ4v) is 2.51. The Morgan fingerprint density at radius 2 is 1.74 bits per heavy atom. The quantitative estimate of drug-likeness (QED) is 0.850. The van der Waals surface area contributed by atoms with Crippen LogP contribution in [0.5, 0.6) is 0 Å². The number of rotatable bonds is 1. The number of aliphatic hydroxyl groups is 1. The number of halogens is 3. The van der Waals surface area contributed by atoms with Crippen molar-refractivity contribution in [2.75, 3.05) is 20.1 Å². The minimum absolute atomic E-state index is 0.550. The summed E-state index contributed by atoms with van der Waals surface area (Å²) in [6, 6.07) is 4.88. The minimum Gasteiger partial charge on any atom is -0.385 e. The maximum absolute atomic E-state index is 12.5. The molecule has 2 nitrogen and oxygen atoms in total. The molecule has 1 aliphatic rings. The standard InChI is InChI=1S/C14H18F3NO/c1-18-9-2-7-13(19,8-10-18)11-3-5-12(6-4-11)14(15,16)17/h3-6,19H,2,7-10H2,1H3. The predicted octanol–water partition coefficient (Wildman–Crippen LogP) is 3.01. The summed E-state index contributed by atoms with van der Waals surface area (Å²) in [5, 5.41) is 10.6. The van der Waals surface area contributed by atoms with Crippen LogP contribution in [0.1, 0.15) is 30.4 Å². The first-order valence-electron chi connectivity index (χ1n) is 6.40. The maximum atomic E-state index is 12.5. The second kappa shape index (κ2) is 5.13. The van der Waals surface area contributed by atoms with Crippen LogP contribution in [0, 0.1) is 0 Å². The average Bonchev–Trinajstić information content (AvgIpc) is 2.52. The summed E-state index contributed by atoms with van der Waals surface area (Å²) in [5.74, 6) is 0. The molecular weight excluding hydrogens is 255 g/mol. The summed E-state index contributed by atoms with van der Waals surface area (Å²) in [6.45, 7) is 1.65. The molecule has 19 heavy (non-hydrogen) atoms. The van der Waals surface area contributed by atoms with E-state index in [1.54, 1.807) is 0 Å². The normalized spacial score (nSPS) is 26.2. The molecule has 1 aliphatic heterocycles. The smallest absolute Gasteiger partial charge is 0.385 e. The fraction of sp³-hybridized carbons (Fsp3) is 0.571. The first-order chi connectivity index (χ1) is 8.81. The van der Waals surface area contributed by atoms with Crippen molar-refractivity contribution in [2.24, 2.45) is 0 Å². The molecule has 0 radical (unpaired) electrons. The topological polar surface area (TPSA) is 23.5 Å². The molecule has 1 aromatic carbocycles. The van der Waals surface area contributed by atoms with Gasteiger partial charge in [-0.05, 0) is 50.6 Å². The third-order valence-corrected chi connectivity index (χ3v) is 3.79. The summed E-state index contributed by atoms with van der Waals surface area (Å²) in [5.41, 5.74) is -1.10. The lowest BCUT2D eigenvalue weighted by Crippen LogP contribution is -2.27. The van der Waals surface area contributed by atoms with Gasteiger partial charge in [0.15, 0.2) is 0 Å². The van der Waals surface area contributed by atoms with E-state index in [9.17, 15) is 18.3 Å². The number of alkyl halides is 3. The van der Waals surface area contributed by atoms with Gasteiger partial charge in [0.25, 0.3) is 0 Å². The van der Waals surface area contributed by atoms with E-state index < -0.39 is 17.3 Å². The van der Waals surface area contributed by atoms with E-state index in [1.165, 1.54) is 12.1 Å². The molecule has 1 unspecified atom stereocenters. The van der Waals surface area contributed by atoms with E-state index in [2.05, 4.69) is 4.90 Å². The van der Waals surface area contributed by atoms with Gasteiger partial charge in [-0.3, -0.25) is 0 Å². The van der Waals surface area contributed by atoms with Crippen molar-refractivity contribution < 1.29 is 18.3 Å². The summed E-state index contributed by atoms with van der Waals surface area (Å²) in [6.07, 6.45) is -2.35. The van der Waals surface area contributed by atoms with E-state index in [0.717, 1.165) is 31.6 Å². The molecule has 0 amide bonds. The van der Waals surface area contributed by atoms with Crippen LogP contribution in [0.3, 0.4) is 0 Å². The third kappa shape index (κ3) is 3.28. The molecule has 0 spiro atoms. The molecule has 0 bridgehead atoms. The summed E-state index contributed by atoms with van der Waals surface area (Å²) in [4.78, 5) is 2.13. The fourth-order valence-electron chi connectivity index (χ4n) is 2.51. The Hall–Kier alpha value is -1.07. The van der Waals surface area contributed by atoms with Crippen LogP contribution >= 0.6 is 0 Å². The number of benzene rings is 1. The van der Waals surface area contributed by atoms with E-state index in [1.807, 2.05) is 7.05 Å². The molecule has 0 aliphatic carbocycles. The zero-order chi connectivity index (χ0) is 14.1. The molecule has 1 atom stereocenters. The van der Waals surface area contributed by atoms with Gasteiger partial charge in [0.1, 0.15) is 0 Å². The maximum Gasteiger partial charge on any atom is 0.416 e. The molecule has 1 fully saturated rings. The third-order valence-electron chi connectivity index (χ3n) is 3.79. The van der Waals surface area contributed by atoms with Gasteiger partial charge >= 0.3 is 6.18 Å². The Labute approximate surface area is 110 Å². The van der Waals surface area contributed by atoms with Crippen molar-refractivity contribution in [3.63, 3.8) is 0 Å². The van der Waals surface area contributed by atoms with Crippen molar-refractivity contribution >= 4 is 0 Å². The first kappa shape index (κ1) is 14.3. The lowest BCUT2D eigenvalue weighted by molar-refractivity contribution is -0.137. The van der Waals surface area contributed by atoms with Gasteiger partial charge in [0, 0.05) is 6.54 Å². The van der Waals surface area contributed by atoms with Crippen molar-refractivity contribution in [3.05, 3.63) is 35.4 Å². The lowest BCUT2D eigenvalue weighted by atomic mass is 9.86. The molecular formula is C14H18F3NO. The number of likely N-dealkylation sites (tertiary alicyclic amines) is 1. The molecule has 1 saturated heterocycles. The molecule has 1 aromatic rings. The average molecular weight is 273 g/mol. The van der Waals surface area contributed by atoms with Gasteiger partial charge in [-0.1, -0.05) is 12.1 Å². The number of hydrogen-bond acceptors (Lipinski definition) is 2. The van der Waals surface area contributed by atoms with Crippen molar-refractivity contribution in [1.82, 2.24) is 4.90 Å². The van der Waals surface area contributed by atoms with E-state index in [4.69, 9.17) is 0 Å².